The number of hydrogen-bond acceptors (Lipinski definition) is 3. The number of hydrogen-bond donors (Lipinski definition) is 1. The molecule has 0 heterocycles. The van der Waals surface area contributed by atoms with E-state index in [4.69, 9.17) is 11.6 Å². The number of carbonyl (C=O) groups is 1. The average molecular weight is 413 g/mol. The summed E-state index contributed by atoms with van der Waals surface area (Å²) in [5.74, 6) is -0.537. The van der Waals surface area contributed by atoms with Crippen molar-refractivity contribution < 1.29 is 17.6 Å². The van der Waals surface area contributed by atoms with Gasteiger partial charge in [0.05, 0.1) is 18.0 Å². The van der Waals surface area contributed by atoms with Crippen LogP contribution >= 0.6 is 11.6 Å². The molecule has 1 N–H and O–H groups in total. The van der Waals surface area contributed by atoms with Gasteiger partial charge in [-0.2, -0.15) is 0 Å². The minimum absolute atomic E-state index is 0.164. The molecule has 1 atom stereocenters. The molecule has 0 aliphatic rings. The van der Waals surface area contributed by atoms with Crippen LogP contribution in [-0.4, -0.2) is 27.1 Å². The van der Waals surface area contributed by atoms with Gasteiger partial charge in [0.25, 0.3) is 0 Å². The lowest BCUT2D eigenvalue weighted by Gasteiger charge is -2.22. The first-order valence-electron chi connectivity index (χ1n) is 8.45. The highest BCUT2D eigenvalue weighted by atomic mass is 35.5. The van der Waals surface area contributed by atoms with Crippen molar-refractivity contribution in [1.82, 2.24) is 5.32 Å². The van der Waals surface area contributed by atoms with Crippen molar-refractivity contribution in [3.05, 3.63) is 64.9 Å². The van der Waals surface area contributed by atoms with Crippen LogP contribution < -0.4 is 9.62 Å². The summed E-state index contributed by atoms with van der Waals surface area (Å²) in [6.07, 6.45) is 1.63. The van der Waals surface area contributed by atoms with E-state index in [9.17, 15) is 17.6 Å². The van der Waals surface area contributed by atoms with E-state index in [0.29, 0.717) is 17.1 Å². The lowest BCUT2D eigenvalue weighted by Crippen LogP contribution is -2.32. The fraction of sp³-hybridized carbons (Fsp3) is 0.316. The van der Waals surface area contributed by atoms with E-state index in [0.717, 1.165) is 11.8 Å². The monoisotopic (exact) mass is 412 g/mol. The number of anilines is 1. The van der Waals surface area contributed by atoms with Gasteiger partial charge < -0.3 is 5.32 Å². The van der Waals surface area contributed by atoms with Crippen LogP contribution in [0.25, 0.3) is 0 Å². The Bertz CT molecular complexity index is 888. The van der Waals surface area contributed by atoms with Gasteiger partial charge in [0.2, 0.25) is 15.9 Å². The fourth-order valence-corrected chi connectivity index (χ4v) is 3.79. The lowest BCUT2D eigenvalue weighted by atomic mass is 10.1. The molecule has 0 saturated carbocycles. The first-order valence-corrected chi connectivity index (χ1v) is 10.7. The van der Waals surface area contributed by atoms with Crippen molar-refractivity contribution >= 4 is 33.2 Å². The third-order valence-corrected chi connectivity index (χ3v) is 5.44. The van der Waals surface area contributed by atoms with Gasteiger partial charge in [0, 0.05) is 18.0 Å². The molecular formula is C19H22ClFN2O3S. The predicted octanol–water partition coefficient (Wildman–Crippen LogP) is 3.90. The zero-order valence-electron chi connectivity index (χ0n) is 15.2. The van der Waals surface area contributed by atoms with Gasteiger partial charge >= 0.3 is 0 Å². The fourth-order valence-electron chi connectivity index (χ4n) is 2.65. The van der Waals surface area contributed by atoms with Gasteiger partial charge in [-0.15, -0.1) is 0 Å². The van der Waals surface area contributed by atoms with Crippen LogP contribution in [0.3, 0.4) is 0 Å². The summed E-state index contributed by atoms with van der Waals surface area (Å²) >= 11 is 5.94. The maximum absolute atomic E-state index is 13.0. The zero-order valence-corrected chi connectivity index (χ0v) is 16.7. The number of sulfonamides is 1. The molecular weight excluding hydrogens is 391 g/mol. The minimum atomic E-state index is -3.50. The Morgan fingerprint density at radius 2 is 1.89 bits per heavy atom. The molecule has 0 spiro atoms. The smallest absolute Gasteiger partial charge is 0.232 e. The zero-order chi connectivity index (χ0) is 20.0. The van der Waals surface area contributed by atoms with Gasteiger partial charge in [-0.3, -0.25) is 9.10 Å². The van der Waals surface area contributed by atoms with E-state index in [1.165, 1.54) is 16.4 Å². The minimum Gasteiger partial charge on any atom is -0.350 e. The number of rotatable bonds is 8. The van der Waals surface area contributed by atoms with Crippen molar-refractivity contribution in [3.63, 3.8) is 0 Å². The summed E-state index contributed by atoms with van der Waals surface area (Å²) in [6.45, 7) is 1.97. The Labute approximate surface area is 164 Å². The Balaban J connectivity index is 1.92. The molecule has 0 unspecified atom stereocenters. The van der Waals surface area contributed by atoms with Gasteiger partial charge in [0.15, 0.2) is 0 Å². The molecule has 8 heteroatoms. The van der Waals surface area contributed by atoms with Crippen LogP contribution in [0.2, 0.25) is 5.02 Å². The van der Waals surface area contributed by atoms with Gasteiger partial charge in [-0.05, 0) is 49.2 Å². The number of benzene rings is 2. The molecule has 0 bridgehead atoms. The molecule has 0 fully saturated rings. The highest BCUT2D eigenvalue weighted by Crippen LogP contribution is 2.22. The molecule has 0 aliphatic carbocycles. The van der Waals surface area contributed by atoms with Crippen LogP contribution in [0.5, 0.6) is 0 Å². The quantitative estimate of drug-likeness (QED) is 0.715. The molecule has 0 aromatic heterocycles. The lowest BCUT2D eigenvalue weighted by molar-refractivity contribution is -0.121. The topological polar surface area (TPSA) is 66.5 Å². The Morgan fingerprint density at radius 1 is 1.22 bits per heavy atom. The summed E-state index contributed by atoms with van der Waals surface area (Å²) in [6, 6.07) is 12.2. The molecule has 2 aromatic carbocycles. The summed E-state index contributed by atoms with van der Waals surface area (Å²) in [5.41, 5.74) is 1.26. The predicted molar refractivity (Wildman–Crippen MR) is 106 cm³/mol. The summed E-state index contributed by atoms with van der Waals surface area (Å²) in [4.78, 5) is 12.1. The van der Waals surface area contributed by atoms with E-state index >= 15 is 0 Å². The summed E-state index contributed by atoms with van der Waals surface area (Å²) in [7, 11) is -3.50. The summed E-state index contributed by atoms with van der Waals surface area (Å²) < 4.78 is 38.3. The highest BCUT2D eigenvalue weighted by molar-refractivity contribution is 7.92. The third kappa shape index (κ3) is 6.52. The molecule has 0 saturated heterocycles. The number of halogens is 2. The molecule has 1 amide bonds. The van der Waals surface area contributed by atoms with Crippen molar-refractivity contribution in [1.29, 1.82) is 0 Å². The second-order valence-electron chi connectivity index (χ2n) is 6.26. The second kappa shape index (κ2) is 9.19. The van der Waals surface area contributed by atoms with E-state index < -0.39 is 10.0 Å². The first-order chi connectivity index (χ1) is 12.7. The van der Waals surface area contributed by atoms with Crippen LogP contribution in [-0.2, 0) is 14.8 Å². The van der Waals surface area contributed by atoms with Crippen molar-refractivity contribution in [2.45, 2.75) is 25.8 Å². The van der Waals surface area contributed by atoms with Crippen molar-refractivity contribution in [3.8, 4) is 0 Å². The maximum atomic E-state index is 13.0. The Kier molecular flexibility index (Phi) is 7.21. The number of nitrogens with zero attached hydrogens (tertiary/aromatic N) is 1. The van der Waals surface area contributed by atoms with E-state index in [-0.39, 0.29) is 30.7 Å². The van der Waals surface area contributed by atoms with Crippen LogP contribution in [0.1, 0.15) is 31.4 Å². The van der Waals surface area contributed by atoms with Crippen LogP contribution in [0.15, 0.2) is 48.5 Å². The Hall–Kier alpha value is -2.12. The highest BCUT2D eigenvalue weighted by Gasteiger charge is 2.18. The number of amides is 1. The molecule has 2 aromatic rings. The number of carbonyl (C=O) groups excluding carboxylic acids is 1. The molecule has 0 radical (unpaired) electrons. The number of nitrogens with one attached hydrogen (secondary N) is 1. The molecule has 2 rings (SSSR count). The molecule has 5 nitrogen and oxygen atoms in total. The van der Waals surface area contributed by atoms with Crippen molar-refractivity contribution in [2.75, 3.05) is 17.1 Å². The average Bonchev–Trinajstić information content (AvgIpc) is 2.58. The third-order valence-electron chi connectivity index (χ3n) is 4.01. The van der Waals surface area contributed by atoms with Gasteiger partial charge in [0.1, 0.15) is 5.82 Å². The standard InChI is InChI=1S/C19H22ClFN2O3S/c1-14(15-8-10-17(21)11-9-15)22-19(24)7-4-12-23(27(2,25)26)18-6-3-5-16(20)13-18/h3,5-6,8-11,13-14H,4,7,12H2,1-2H3,(H,22,24)/t14-/m0/s1. The molecule has 0 aliphatic heterocycles. The summed E-state index contributed by atoms with van der Waals surface area (Å²) in [5, 5.41) is 3.26. The molecule has 146 valence electrons. The first kappa shape index (κ1) is 21.2. The van der Waals surface area contributed by atoms with E-state index in [1.807, 2.05) is 0 Å². The van der Waals surface area contributed by atoms with E-state index in [2.05, 4.69) is 5.32 Å². The largest absolute Gasteiger partial charge is 0.350 e. The van der Waals surface area contributed by atoms with Crippen LogP contribution in [0, 0.1) is 5.82 Å². The van der Waals surface area contributed by atoms with Crippen LogP contribution in [0.4, 0.5) is 10.1 Å². The Morgan fingerprint density at radius 3 is 2.48 bits per heavy atom. The van der Waals surface area contributed by atoms with E-state index in [1.54, 1.807) is 43.3 Å². The van der Waals surface area contributed by atoms with Gasteiger partial charge in [-0.1, -0.05) is 29.8 Å². The maximum Gasteiger partial charge on any atom is 0.232 e. The van der Waals surface area contributed by atoms with Crippen molar-refractivity contribution in [2.24, 2.45) is 0 Å². The normalized spacial score (nSPS) is 12.4. The van der Waals surface area contributed by atoms with Gasteiger partial charge in [-0.25, -0.2) is 12.8 Å². The molecule has 27 heavy (non-hydrogen) atoms. The second-order valence-corrected chi connectivity index (χ2v) is 8.60. The SMILES string of the molecule is C[C@H](NC(=O)CCCN(c1cccc(Cl)c1)S(C)(=O)=O)c1ccc(F)cc1.